The molecule has 0 saturated heterocycles. The van der Waals surface area contributed by atoms with Gasteiger partial charge < -0.3 is 4.90 Å². The van der Waals surface area contributed by atoms with E-state index in [1.54, 1.807) is 19.0 Å². The summed E-state index contributed by atoms with van der Waals surface area (Å²) < 4.78 is 13.4. The van der Waals surface area contributed by atoms with Gasteiger partial charge in [-0.2, -0.15) is 4.99 Å². The Bertz CT molecular complexity index is 410. The number of halogens is 2. The summed E-state index contributed by atoms with van der Waals surface area (Å²) in [5.74, 6) is -0.934. The van der Waals surface area contributed by atoms with Crippen molar-refractivity contribution in [1.82, 2.24) is 4.90 Å². The van der Waals surface area contributed by atoms with E-state index in [2.05, 4.69) is 20.9 Å². The number of amides is 1. The Kier molecular flexibility index (Phi) is 7.39. The van der Waals surface area contributed by atoms with E-state index in [1.807, 2.05) is 0 Å². The van der Waals surface area contributed by atoms with Gasteiger partial charge in [0, 0.05) is 56.3 Å². The van der Waals surface area contributed by atoms with Gasteiger partial charge in [-0.05, 0) is 34.1 Å². The molecule has 0 aliphatic rings. The number of carbonyl (C=O) groups excluding carboxylic acids is 1. The van der Waals surface area contributed by atoms with Crippen LogP contribution in [0.15, 0.2) is 27.7 Å². The van der Waals surface area contributed by atoms with E-state index < -0.39 is 11.7 Å². The Morgan fingerprint density at radius 2 is 2.12 bits per heavy atom. The molecule has 0 atom stereocenters. The maximum absolute atomic E-state index is 12.9. The Labute approximate surface area is 132 Å². The van der Waals surface area contributed by atoms with Gasteiger partial charge >= 0.3 is 0 Å². The Morgan fingerprint density at radius 1 is 1.50 bits per heavy atom. The van der Waals surface area contributed by atoms with Crippen LogP contribution >= 0.6 is 15.9 Å². The summed E-state index contributed by atoms with van der Waals surface area (Å²) in [6.07, 6.45) is 1.37. The van der Waals surface area contributed by atoms with E-state index in [4.69, 9.17) is 0 Å². The van der Waals surface area contributed by atoms with Crippen LogP contribution in [0.4, 0.5) is 4.39 Å². The summed E-state index contributed by atoms with van der Waals surface area (Å²) in [4.78, 5) is 16.8. The molecule has 88 valence electrons. The second-order valence-corrected chi connectivity index (χ2v) is 3.99. The third-order valence-corrected chi connectivity index (χ3v) is 2.26. The molecule has 0 aromatic heterocycles. The molecule has 16 heavy (non-hydrogen) atoms. The molecule has 0 saturated carbocycles. The Morgan fingerprint density at radius 3 is 2.69 bits per heavy atom. The standard InChI is InChI=1S/C10H10BrFN2O.Ar/c1-14(2)6-13-10(15)8-5-7(12)3-4-9(8)11;/h3-6H,1-2H3;. The van der Waals surface area contributed by atoms with Crippen LogP contribution in [-0.4, -0.2) is 31.2 Å². The van der Waals surface area contributed by atoms with Crippen molar-refractivity contribution in [2.45, 2.75) is 0 Å². The van der Waals surface area contributed by atoms with E-state index in [9.17, 15) is 9.18 Å². The van der Waals surface area contributed by atoms with Crippen molar-refractivity contribution >= 4 is 28.2 Å². The number of nitrogens with zero attached hydrogens (tertiary/aromatic N) is 2. The molecule has 0 N–H and O–H groups in total. The van der Waals surface area contributed by atoms with Gasteiger partial charge in [0.15, 0.2) is 0 Å². The molecule has 0 aliphatic carbocycles. The van der Waals surface area contributed by atoms with Crippen molar-refractivity contribution in [1.29, 1.82) is 0 Å². The fourth-order valence-corrected chi connectivity index (χ4v) is 1.32. The number of rotatable bonds is 2. The van der Waals surface area contributed by atoms with E-state index in [1.165, 1.54) is 18.5 Å². The van der Waals surface area contributed by atoms with Crippen molar-refractivity contribution in [3.63, 3.8) is 0 Å². The van der Waals surface area contributed by atoms with Crippen molar-refractivity contribution in [3.05, 3.63) is 34.1 Å². The minimum Gasteiger partial charge on any atom is -0.369 e. The molecular formula is C10H10ArBrFN2O. The SMILES string of the molecule is CN(C)C=NC(=O)c1cc(F)ccc1Br.[Ar]. The van der Waals surface area contributed by atoms with E-state index >= 15 is 0 Å². The fourth-order valence-electron chi connectivity index (χ4n) is 0.899. The predicted octanol–water partition coefficient (Wildman–Crippen LogP) is 2.32. The van der Waals surface area contributed by atoms with E-state index in [0.29, 0.717) is 4.47 Å². The first-order valence-corrected chi connectivity index (χ1v) is 5.00. The minimum absolute atomic E-state index is 0. The third-order valence-electron chi connectivity index (χ3n) is 1.56. The first-order valence-electron chi connectivity index (χ1n) is 4.20. The maximum atomic E-state index is 12.9. The van der Waals surface area contributed by atoms with Gasteiger partial charge in [0.05, 0.1) is 11.9 Å². The van der Waals surface area contributed by atoms with Gasteiger partial charge in [-0.25, -0.2) is 4.39 Å². The molecule has 3 nitrogen and oxygen atoms in total. The summed E-state index contributed by atoms with van der Waals surface area (Å²) in [5, 5.41) is 0. The zero-order valence-electron chi connectivity index (χ0n) is 8.72. The van der Waals surface area contributed by atoms with Gasteiger partial charge in [0.25, 0.3) is 5.91 Å². The Balaban J connectivity index is 0.00000225. The molecule has 0 unspecified atom stereocenters. The molecule has 0 aliphatic heterocycles. The average molecular weight is 313 g/mol. The zero-order chi connectivity index (χ0) is 11.4. The van der Waals surface area contributed by atoms with Crippen LogP contribution in [0.2, 0.25) is 0 Å². The largest absolute Gasteiger partial charge is 0.369 e. The van der Waals surface area contributed by atoms with Crippen LogP contribution in [0.3, 0.4) is 0 Å². The molecule has 0 radical (unpaired) electrons. The monoisotopic (exact) mass is 312 g/mol. The predicted molar refractivity (Wildman–Crippen MR) is 60.6 cm³/mol. The first-order chi connectivity index (χ1) is 7.00. The second-order valence-electron chi connectivity index (χ2n) is 3.14. The summed E-state index contributed by atoms with van der Waals surface area (Å²) in [6, 6.07) is 3.91. The molecular weight excluding hydrogens is 303 g/mol. The molecule has 0 heterocycles. The molecule has 0 spiro atoms. The van der Waals surface area contributed by atoms with Gasteiger partial charge in [-0.1, -0.05) is 0 Å². The quantitative estimate of drug-likeness (QED) is 0.620. The van der Waals surface area contributed by atoms with Crippen molar-refractivity contribution in [2.75, 3.05) is 14.1 Å². The zero-order valence-corrected chi connectivity index (χ0v) is 11.0. The summed E-state index contributed by atoms with van der Waals surface area (Å²) in [5.41, 5.74) is 0.216. The van der Waals surface area contributed by atoms with Crippen molar-refractivity contribution in [3.8, 4) is 0 Å². The smallest absolute Gasteiger partial charge is 0.279 e. The fraction of sp³-hybridized carbons (Fsp3) is 0.200. The molecule has 1 aromatic rings. The van der Waals surface area contributed by atoms with Gasteiger partial charge in [0.2, 0.25) is 0 Å². The van der Waals surface area contributed by atoms with Gasteiger partial charge in [-0.15, -0.1) is 0 Å². The van der Waals surface area contributed by atoms with Crippen LogP contribution in [0.1, 0.15) is 10.4 Å². The molecule has 0 fully saturated rings. The third kappa shape index (κ3) is 4.91. The molecule has 1 amide bonds. The van der Waals surface area contributed by atoms with Crippen LogP contribution in [0.5, 0.6) is 0 Å². The van der Waals surface area contributed by atoms with Crippen molar-refractivity contribution in [2.24, 2.45) is 4.99 Å². The molecule has 0 bridgehead atoms. The van der Waals surface area contributed by atoms with Crippen LogP contribution in [-0.2, 0) is 0 Å². The van der Waals surface area contributed by atoms with Gasteiger partial charge in [-0.3, -0.25) is 4.79 Å². The summed E-state index contributed by atoms with van der Waals surface area (Å²) >= 11 is 3.16. The van der Waals surface area contributed by atoms with Crippen molar-refractivity contribution < 1.29 is 46.9 Å². The first kappa shape index (κ1) is 16.0. The maximum Gasteiger partial charge on any atom is 0.279 e. The number of aliphatic imine (C=N–C) groups is 1. The number of hydrogen-bond donors (Lipinski definition) is 0. The number of carbonyl (C=O) groups is 1. The minimum atomic E-state index is -0.477. The van der Waals surface area contributed by atoms with Crippen LogP contribution < -0.4 is 0 Å². The van der Waals surface area contributed by atoms with Crippen LogP contribution in [0.25, 0.3) is 0 Å². The van der Waals surface area contributed by atoms with Gasteiger partial charge in [0.1, 0.15) is 5.82 Å². The second kappa shape index (κ2) is 7.37. The molecule has 1 aromatic carbocycles. The average Bonchev–Trinajstić information content (AvgIpc) is 2.18. The molecule has 1 rings (SSSR count). The van der Waals surface area contributed by atoms with E-state index in [0.717, 1.165) is 6.07 Å². The summed E-state index contributed by atoms with van der Waals surface area (Å²) in [6.45, 7) is 0. The topological polar surface area (TPSA) is 32.7 Å². The molecule has 6 heteroatoms. The van der Waals surface area contributed by atoms with E-state index in [-0.39, 0.29) is 43.3 Å². The number of hydrogen-bond acceptors (Lipinski definition) is 1. The van der Waals surface area contributed by atoms with Crippen LogP contribution in [0, 0.1) is 43.6 Å². The Hall–Kier alpha value is 0.0297. The summed E-state index contributed by atoms with van der Waals surface area (Å²) in [7, 11) is 3.49. The number of benzene rings is 1. The normalized spacial score (nSPS) is 10.0.